The molecule has 1 N–H and O–H groups in total. The smallest absolute Gasteiger partial charge is 0.165 e. The summed E-state index contributed by atoms with van der Waals surface area (Å²) in [4.78, 5) is 0. The number of ether oxygens (including phenoxy) is 1. The number of hydrogen-bond donors (Lipinski definition) is 1. The molecular formula is C15H13Cl2FO2. The van der Waals surface area contributed by atoms with E-state index >= 15 is 0 Å². The van der Waals surface area contributed by atoms with Crippen LogP contribution in [0.4, 0.5) is 4.39 Å². The Bertz CT molecular complexity index is 597. The van der Waals surface area contributed by atoms with Gasteiger partial charge >= 0.3 is 0 Å². The largest absolute Gasteiger partial charge is 0.494 e. The Morgan fingerprint density at radius 3 is 2.40 bits per heavy atom. The second-order valence-electron chi connectivity index (χ2n) is 4.32. The van der Waals surface area contributed by atoms with E-state index in [1.165, 1.54) is 19.2 Å². The highest BCUT2D eigenvalue weighted by Gasteiger charge is 2.16. The predicted octanol–water partition coefficient (Wildman–Crippen LogP) is 4.42. The third-order valence-corrected chi connectivity index (χ3v) is 3.64. The zero-order chi connectivity index (χ0) is 14.7. The molecule has 0 aliphatic rings. The van der Waals surface area contributed by atoms with Crippen molar-refractivity contribution >= 4 is 23.2 Å². The summed E-state index contributed by atoms with van der Waals surface area (Å²) in [5.41, 5.74) is 1.08. The molecule has 0 aromatic heterocycles. The van der Waals surface area contributed by atoms with Crippen LogP contribution >= 0.6 is 23.2 Å². The van der Waals surface area contributed by atoms with Gasteiger partial charge in [0.1, 0.15) is 0 Å². The highest BCUT2D eigenvalue weighted by molar-refractivity contribution is 6.36. The SMILES string of the molecule is COc1ccc(CC(O)c2c(Cl)cccc2Cl)cc1F. The molecule has 2 nitrogen and oxygen atoms in total. The molecule has 0 saturated carbocycles. The van der Waals surface area contributed by atoms with Crippen molar-refractivity contribution in [3.63, 3.8) is 0 Å². The van der Waals surface area contributed by atoms with Gasteiger partial charge in [0.25, 0.3) is 0 Å². The fraction of sp³-hybridized carbons (Fsp3) is 0.200. The molecule has 0 bridgehead atoms. The Morgan fingerprint density at radius 1 is 1.20 bits per heavy atom. The van der Waals surface area contributed by atoms with Crippen molar-refractivity contribution in [2.24, 2.45) is 0 Å². The maximum absolute atomic E-state index is 13.6. The maximum Gasteiger partial charge on any atom is 0.165 e. The quantitative estimate of drug-likeness (QED) is 0.905. The molecule has 0 aliphatic carbocycles. The highest BCUT2D eigenvalue weighted by Crippen LogP contribution is 2.32. The zero-order valence-electron chi connectivity index (χ0n) is 10.7. The van der Waals surface area contributed by atoms with Gasteiger partial charge in [-0.15, -0.1) is 0 Å². The van der Waals surface area contributed by atoms with E-state index in [1.54, 1.807) is 24.3 Å². The number of halogens is 3. The van der Waals surface area contributed by atoms with Gasteiger partial charge in [0, 0.05) is 22.0 Å². The summed E-state index contributed by atoms with van der Waals surface area (Å²) in [7, 11) is 1.40. The highest BCUT2D eigenvalue weighted by atomic mass is 35.5. The van der Waals surface area contributed by atoms with Gasteiger partial charge in [-0.25, -0.2) is 4.39 Å². The van der Waals surface area contributed by atoms with Crippen LogP contribution < -0.4 is 4.74 Å². The lowest BCUT2D eigenvalue weighted by Crippen LogP contribution is -2.04. The fourth-order valence-corrected chi connectivity index (χ4v) is 2.64. The molecule has 0 fully saturated rings. The molecule has 20 heavy (non-hydrogen) atoms. The number of aliphatic hydroxyl groups is 1. The van der Waals surface area contributed by atoms with E-state index in [0.29, 0.717) is 21.2 Å². The Balaban J connectivity index is 2.23. The summed E-state index contributed by atoms with van der Waals surface area (Å²) in [6.07, 6.45) is -0.686. The van der Waals surface area contributed by atoms with Crippen LogP contribution in [0.5, 0.6) is 5.75 Å². The van der Waals surface area contributed by atoms with Gasteiger partial charge in [-0.3, -0.25) is 0 Å². The molecule has 2 rings (SSSR count). The third-order valence-electron chi connectivity index (χ3n) is 2.98. The minimum absolute atomic E-state index is 0.166. The number of rotatable bonds is 4. The molecule has 0 spiro atoms. The molecule has 1 atom stereocenters. The van der Waals surface area contributed by atoms with Crippen LogP contribution in [0.1, 0.15) is 17.2 Å². The molecule has 0 radical (unpaired) electrons. The van der Waals surface area contributed by atoms with E-state index in [1.807, 2.05) is 0 Å². The van der Waals surface area contributed by atoms with Gasteiger partial charge in [0.15, 0.2) is 11.6 Å². The fourth-order valence-electron chi connectivity index (χ4n) is 1.99. The Morgan fingerprint density at radius 2 is 1.85 bits per heavy atom. The van der Waals surface area contributed by atoms with E-state index in [0.717, 1.165) is 0 Å². The summed E-state index contributed by atoms with van der Waals surface area (Å²) in [5, 5.41) is 11.0. The van der Waals surface area contributed by atoms with Crippen LogP contribution in [-0.2, 0) is 6.42 Å². The lowest BCUT2D eigenvalue weighted by atomic mass is 10.0. The van der Waals surface area contributed by atoms with Gasteiger partial charge in [0.2, 0.25) is 0 Å². The van der Waals surface area contributed by atoms with Crippen LogP contribution in [0.25, 0.3) is 0 Å². The van der Waals surface area contributed by atoms with Crippen LogP contribution in [0.15, 0.2) is 36.4 Å². The lowest BCUT2D eigenvalue weighted by Gasteiger charge is -2.15. The van der Waals surface area contributed by atoms with Gasteiger partial charge in [-0.05, 0) is 29.8 Å². The average Bonchev–Trinajstić information content (AvgIpc) is 2.38. The van der Waals surface area contributed by atoms with Crippen molar-refractivity contribution in [1.29, 1.82) is 0 Å². The van der Waals surface area contributed by atoms with Gasteiger partial charge in [-0.1, -0.05) is 35.3 Å². The number of benzene rings is 2. The topological polar surface area (TPSA) is 29.5 Å². The molecule has 1 unspecified atom stereocenters. The minimum atomic E-state index is -0.899. The lowest BCUT2D eigenvalue weighted by molar-refractivity contribution is 0.178. The predicted molar refractivity (Wildman–Crippen MR) is 78.1 cm³/mol. The molecule has 106 valence electrons. The van der Waals surface area contributed by atoms with Crippen LogP contribution in [0, 0.1) is 5.82 Å². The second-order valence-corrected chi connectivity index (χ2v) is 5.14. The molecule has 2 aromatic carbocycles. The number of aliphatic hydroxyl groups excluding tert-OH is 1. The van der Waals surface area contributed by atoms with Crippen molar-refractivity contribution < 1.29 is 14.2 Å². The summed E-state index contributed by atoms with van der Waals surface area (Å²) >= 11 is 12.1. The Hall–Kier alpha value is -1.29. The van der Waals surface area contributed by atoms with Crippen molar-refractivity contribution in [3.8, 4) is 5.75 Å². The van der Waals surface area contributed by atoms with Crippen molar-refractivity contribution in [2.75, 3.05) is 7.11 Å². The maximum atomic E-state index is 13.6. The van der Waals surface area contributed by atoms with E-state index in [2.05, 4.69) is 0 Å². The Kier molecular flexibility index (Phi) is 4.86. The van der Waals surface area contributed by atoms with E-state index < -0.39 is 11.9 Å². The van der Waals surface area contributed by atoms with E-state index in [9.17, 15) is 9.50 Å². The first-order valence-electron chi connectivity index (χ1n) is 5.97. The van der Waals surface area contributed by atoms with Crippen molar-refractivity contribution in [1.82, 2.24) is 0 Å². The monoisotopic (exact) mass is 314 g/mol. The van der Waals surface area contributed by atoms with Gasteiger partial charge < -0.3 is 9.84 Å². The minimum Gasteiger partial charge on any atom is -0.494 e. The zero-order valence-corrected chi connectivity index (χ0v) is 12.2. The third kappa shape index (κ3) is 3.23. The molecule has 2 aromatic rings. The number of methoxy groups -OCH3 is 1. The summed E-state index contributed by atoms with van der Waals surface area (Å²) in [5.74, 6) is -0.304. The first-order valence-corrected chi connectivity index (χ1v) is 6.73. The molecule has 5 heteroatoms. The first-order chi connectivity index (χ1) is 9.52. The normalized spacial score (nSPS) is 12.2. The van der Waals surface area contributed by atoms with Crippen molar-refractivity contribution in [2.45, 2.75) is 12.5 Å². The van der Waals surface area contributed by atoms with Crippen LogP contribution in [0.3, 0.4) is 0 Å². The molecule has 0 aliphatic heterocycles. The van der Waals surface area contributed by atoms with Crippen LogP contribution in [0.2, 0.25) is 10.0 Å². The van der Waals surface area contributed by atoms with Gasteiger partial charge in [-0.2, -0.15) is 0 Å². The number of hydrogen-bond acceptors (Lipinski definition) is 2. The van der Waals surface area contributed by atoms with Gasteiger partial charge in [0.05, 0.1) is 13.2 Å². The van der Waals surface area contributed by atoms with Crippen LogP contribution in [-0.4, -0.2) is 12.2 Å². The average molecular weight is 315 g/mol. The molecular weight excluding hydrogens is 302 g/mol. The summed E-state index contributed by atoms with van der Waals surface area (Å²) in [6.45, 7) is 0. The standard InChI is InChI=1S/C15H13Cl2FO2/c1-20-14-6-5-9(7-12(14)18)8-13(19)15-10(16)3-2-4-11(15)17/h2-7,13,19H,8H2,1H3. The summed E-state index contributed by atoms with van der Waals surface area (Å²) < 4.78 is 18.5. The first kappa shape index (κ1) is 15.1. The van der Waals surface area contributed by atoms with E-state index in [4.69, 9.17) is 27.9 Å². The second kappa shape index (κ2) is 6.44. The summed E-state index contributed by atoms with van der Waals surface area (Å²) in [6, 6.07) is 9.55. The van der Waals surface area contributed by atoms with Crippen molar-refractivity contribution in [3.05, 3.63) is 63.4 Å². The molecule has 0 amide bonds. The Labute approximate surface area is 126 Å². The molecule has 0 saturated heterocycles. The molecule has 0 heterocycles. The van der Waals surface area contributed by atoms with E-state index in [-0.39, 0.29) is 12.2 Å².